The third kappa shape index (κ3) is 12.6. The number of hydrogen-bond donors (Lipinski definition) is 2. The summed E-state index contributed by atoms with van der Waals surface area (Å²) in [4.78, 5) is 33.4. The molecule has 1 aromatic heterocycles. The zero-order chi connectivity index (χ0) is 31.6. The Morgan fingerprint density at radius 3 is 2.20 bits per heavy atom. The summed E-state index contributed by atoms with van der Waals surface area (Å²) in [5, 5.41) is 10.4. The van der Waals surface area contributed by atoms with Crippen molar-refractivity contribution in [1.29, 1.82) is 0 Å². The minimum absolute atomic E-state index is 0. The SMILES string of the molecule is CC(=O)O.CC(C)(C)OC(=O)N1CCN(Cc2ccc(Nc3ncc(C(F)(F)F)c(CCc4[c-]cccc4)n3)cc2)CC1.[Li+]. The fourth-order valence-electron chi connectivity index (χ4n) is 4.24. The van der Waals surface area contributed by atoms with Gasteiger partial charge in [0.15, 0.2) is 0 Å². The largest absolute Gasteiger partial charge is 1.00 e. The number of alkyl halides is 3. The molecule has 13 heteroatoms. The van der Waals surface area contributed by atoms with E-state index in [0.29, 0.717) is 25.2 Å². The van der Waals surface area contributed by atoms with Crippen LogP contribution in [0, 0.1) is 6.07 Å². The van der Waals surface area contributed by atoms with E-state index in [0.717, 1.165) is 43.9 Å². The molecule has 44 heavy (non-hydrogen) atoms. The summed E-state index contributed by atoms with van der Waals surface area (Å²) < 4.78 is 46.1. The number of hydrogen-bond acceptors (Lipinski definition) is 7. The number of nitrogens with one attached hydrogen (secondary N) is 1. The molecule has 0 aliphatic carbocycles. The summed E-state index contributed by atoms with van der Waals surface area (Å²) >= 11 is 0. The maximum Gasteiger partial charge on any atom is 1.00 e. The maximum atomic E-state index is 13.6. The number of carbonyl (C=O) groups excluding carboxylic acids is 1. The molecule has 232 valence electrons. The Balaban J connectivity index is 0.00000127. The third-order valence-electron chi connectivity index (χ3n) is 6.22. The number of piperazine rings is 1. The van der Waals surface area contributed by atoms with Crippen molar-refractivity contribution in [3.63, 3.8) is 0 Å². The van der Waals surface area contributed by atoms with Crippen molar-refractivity contribution in [3.05, 3.63) is 83.2 Å². The standard InChI is InChI=1S/C29H33F3N5O2.C2H4O2.Li/c1-28(2,3)39-27(38)37-17-15-36(16-18-37)20-22-9-12-23(13-10-22)34-26-33-19-24(29(30,31)32)25(35-26)14-11-21-7-5-4-6-8-21;1-2(3)4;/h4-7,9-10,12-13,19H,11,14-18,20H2,1-3H3,(H,33,34,35);1H3,(H,3,4);/q-1;;+1. The molecule has 1 saturated heterocycles. The van der Waals surface area contributed by atoms with Crippen LogP contribution in [-0.4, -0.2) is 68.7 Å². The molecule has 9 nitrogen and oxygen atoms in total. The molecular formula is C31H37F3LiN5O4. The number of carbonyl (C=O) groups is 2. The van der Waals surface area contributed by atoms with E-state index in [1.807, 2.05) is 63.2 Å². The first kappa shape index (κ1) is 36.6. The Morgan fingerprint density at radius 1 is 1.02 bits per heavy atom. The molecule has 1 aliphatic heterocycles. The van der Waals surface area contributed by atoms with Crippen LogP contribution in [0.25, 0.3) is 0 Å². The molecule has 2 N–H and O–H groups in total. The van der Waals surface area contributed by atoms with Crippen LogP contribution in [0.2, 0.25) is 0 Å². The predicted molar refractivity (Wildman–Crippen MR) is 156 cm³/mol. The van der Waals surface area contributed by atoms with E-state index in [1.165, 1.54) is 0 Å². The van der Waals surface area contributed by atoms with Gasteiger partial charge in [0, 0.05) is 51.5 Å². The number of aryl methyl sites for hydroxylation is 2. The molecule has 2 aromatic carbocycles. The van der Waals surface area contributed by atoms with E-state index in [4.69, 9.17) is 14.6 Å². The first-order valence-electron chi connectivity index (χ1n) is 13.8. The van der Waals surface area contributed by atoms with E-state index in [9.17, 15) is 18.0 Å². The summed E-state index contributed by atoms with van der Waals surface area (Å²) in [6.45, 7) is 10.0. The van der Waals surface area contributed by atoms with Crippen LogP contribution in [-0.2, 0) is 35.1 Å². The number of carboxylic acid groups (broad SMARTS) is 1. The van der Waals surface area contributed by atoms with Gasteiger partial charge in [-0.3, -0.25) is 9.69 Å². The summed E-state index contributed by atoms with van der Waals surface area (Å²) in [6.07, 6.45) is -3.48. The van der Waals surface area contributed by atoms with Gasteiger partial charge in [0.2, 0.25) is 5.95 Å². The Bertz CT molecular complexity index is 1340. The van der Waals surface area contributed by atoms with Gasteiger partial charge in [0.05, 0.1) is 11.3 Å². The number of benzene rings is 2. The number of aromatic nitrogens is 2. The molecule has 1 fully saturated rings. The third-order valence-corrected chi connectivity index (χ3v) is 6.22. The zero-order valence-electron chi connectivity index (χ0n) is 25.7. The normalized spacial score (nSPS) is 13.7. The monoisotopic (exact) mass is 607 g/mol. The molecule has 1 amide bonds. The van der Waals surface area contributed by atoms with Crippen molar-refractivity contribution in [1.82, 2.24) is 19.8 Å². The van der Waals surface area contributed by atoms with Crippen molar-refractivity contribution in [3.8, 4) is 0 Å². The van der Waals surface area contributed by atoms with Gasteiger partial charge in [-0.25, -0.2) is 14.8 Å². The van der Waals surface area contributed by atoms with Gasteiger partial charge in [-0.2, -0.15) is 49.1 Å². The van der Waals surface area contributed by atoms with Crippen molar-refractivity contribution in [2.45, 2.75) is 58.9 Å². The summed E-state index contributed by atoms with van der Waals surface area (Å²) in [6, 6.07) is 17.9. The fraction of sp³-hybridized carbons (Fsp3) is 0.419. The summed E-state index contributed by atoms with van der Waals surface area (Å²) in [7, 11) is 0. The Morgan fingerprint density at radius 2 is 1.66 bits per heavy atom. The van der Waals surface area contributed by atoms with E-state index >= 15 is 0 Å². The van der Waals surface area contributed by atoms with Gasteiger partial charge in [-0.05, 0) is 51.3 Å². The number of rotatable bonds is 7. The molecule has 2 heterocycles. The average molecular weight is 608 g/mol. The number of ether oxygens (including phenoxy) is 1. The smallest absolute Gasteiger partial charge is 0.481 e. The second-order valence-corrected chi connectivity index (χ2v) is 11.0. The van der Waals surface area contributed by atoms with Gasteiger partial charge in [-0.1, -0.05) is 12.1 Å². The molecule has 1 aliphatic rings. The van der Waals surface area contributed by atoms with Crippen LogP contribution in [0.5, 0.6) is 0 Å². The molecule has 0 radical (unpaired) electrons. The number of amides is 1. The second kappa shape index (κ2) is 16.5. The number of anilines is 2. The van der Waals surface area contributed by atoms with Crippen LogP contribution >= 0.6 is 0 Å². The average Bonchev–Trinajstić information content (AvgIpc) is 2.92. The second-order valence-electron chi connectivity index (χ2n) is 11.0. The molecule has 3 aromatic rings. The predicted octanol–water partition coefficient (Wildman–Crippen LogP) is 2.97. The molecule has 4 rings (SSSR count). The van der Waals surface area contributed by atoms with Crippen LogP contribution < -0.4 is 24.2 Å². The first-order chi connectivity index (χ1) is 20.2. The molecule has 0 unspecified atom stereocenters. The molecule has 0 saturated carbocycles. The van der Waals surface area contributed by atoms with E-state index in [1.54, 1.807) is 11.0 Å². The van der Waals surface area contributed by atoms with Gasteiger partial charge in [-0.15, -0.1) is 0 Å². The van der Waals surface area contributed by atoms with Crippen molar-refractivity contribution >= 4 is 23.7 Å². The van der Waals surface area contributed by atoms with Crippen molar-refractivity contribution in [2.75, 3.05) is 31.5 Å². The van der Waals surface area contributed by atoms with Crippen molar-refractivity contribution < 1.29 is 51.5 Å². The minimum Gasteiger partial charge on any atom is -0.481 e. The summed E-state index contributed by atoms with van der Waals surface area (Å²) in [5.74, 6) is -0.721. The molecular weight excluding hydrogens is 570 g/mol. The van der Waals surface area contributed by atoms with E-state index < -0.39 is 23.3 Å². The number of aliphatic carboxylic acids is 1. The quantitative estimate of drug-likeness (QED) is 0.312. The fourth-order valence-corrected chi connectivity index (χ4v) is 4.24. The number of carboxylic acids is 1. The van der Waals surface area contributed by atoms with E-state index in [2.05, 4.69) is 26.3 Å². The van der Waals surface area contributed by atoms with Gasteiger partial charge in [0.25, 0.3) is 5.97 Å². The Hall–Kier alpha value is -3.59. The topological polar surface area (TPSA) is 108 Å². The van der Waals surface area contributed by atoms with Gasteiger partial charge >= 0.3 is 31.1 Å². The zero-order valence-corrected chi connectivity index (χ0v) is 25.7. The van der Waals surface area contributed by atoms with E-state index in [-0.39, 0.29) is 43.0 Å². The van der Waals surface area contributed by atoms with Gasteiger partial charge in [0.1, 0.15) is 5.60 Å². The van der Waals surface area contributed by atoms with Crippen LogP contribution in [0.1, 0.15) is 50.1 Å². The van der Waals surface area contributed by atoms with Crippen LogP contribution in [0.4, 0.5) is 29.6 Å². The maximum absolute atomic E-state index is 13.6. The molecule has 0 atom stereocenters. The molecule has 0 bridgehead atoms. The molecule has 0 spiro atoms. The Labute approximate surface area is 268 Å². The van der Waals surface area contributed by atoms with Crippen LogP contribution in [0.3, 0.4) is 0 Å². The van der Waals surface area contributed by atoms with Crippen molar-refractivity contribution in [2.24, 2.45) is 0 Å². The number of halogens is 3. The number of nitrogens with zero attached hydrogens (tertiary/aromatic N) is 4. The van der Waals surface area contributed by atoms with Crippen LogP contribution in [0.15, 0.2) is 54.7 Å². The minimum atomic E-state index is -4.53. The first-order valence-corrected chi connectivity index (χ1v) is 13.8. The van der Waals surface area contributed by atoms with Gasteiger partial charge < -0.3 is 20.1 Å². The Kier molecular flexibility index (Phi) is 13.7. The summed E-state index contributed by atoms with van der Waals surface area (Å²) in [5.41, 5.74) is 1.18.